The highest BCUT2D eigenvalue weighted by molar-refractivity contribution is 5.98. The third-order valence-electron chi connectivity index (χ3n) is 3.28. The van der Waals surface area contributed by atoms with E-state index < -0.39 is 5.91 Å². The Bertz CT molecular complexity index is 702. The number of anilines is 1. The van der Waals surface area contributed by atoms with Crippen molar-refractivity contribution in [2.75, 3.05) is 12.4 Å². The number of nitrogens with two attached hydrogens (primary N) is 1. The van der Waals surface area contributed by atoms with E-state index in [1.54, 1.807) is 19.9 Å². The standard InChI is InChI=1S/C15H17N3O4/c1-8-11(9(2)22-18-8)7-14(19)17-12-6-10(15(16)20)4-5-13(12)21-3/h4-6H,7H2,1-3H3,(H2,16,20)(H,17,19). The molecule has 0 aliphatic heterocycles. The van der Waals surface area contributed by atoms with Crippen molar-refractivity contribution in [2.24, 2.45) is 5.73 Å². The van der Waals surface area contributed by atoms with Gasteiger partial charge in [-0.3, -0.25) is 9.59 Å². The van der Waals surface area contributed by atoms with E-state index in [2.05, 4.69) is 10.5 Å². The van der Waals surface area contributed by atoms with E-state index in [-0.39, 0.29) is 17.9 Å². The van der Waals surface area contributed by atoms with Gasteiger partial charge in [-0.25, -0.2) is 0 Å². The predicted octanol–water partition coefficient (Wildman–Crippen LogP) is 1.58. The van der Waals surface area contributed by atoms with Gasteiger partial charge in [0, 0.05) is 11.1 Å². The summed E-state index contributed by atoms with van der Waals surface area (Å²) in [6.07, 6.45) is 0.116. The maximum Gasteiger partial charge on any atom is 0.248 e. The van der Waals surface area contributed by atoms with Crippen LogP contribution in [-0.4, -0.2) is 24.1 Å². The number of aryl methyl sites for hydroxylation is 2. The Morgan fingerprint density at radius 3 is 2.64 bits per heavy atom. The molecule has 22 heavy (non-hydrogen) atoms. The van der Waals surface area contributed by atoms with Gasteiger partial charge in [-0.05, 0) is 32.0 Å². The number of benzene rings is 1. The zero-order valence-electron chi connectivity index (χ0n) is 12.6. The lowest BCUT2D eigenvalue weighted by Gasteiger charge is -2.11. The Balaban J connectivity index is 2.20. The number of rotatable bonds is 5. The van der Waals surface area contributed by atoms with Gasteiger partial charge in [-0.1, -0.05) is 5.16 Å². The molecule has 0 aliphatic rings. The maximum atomic E-state index is 12.2. The average molecular weight is 303 g/mol. The van der Waals surface area contributed by atoms with E-state index in [0.29, 0.717) is 22.9 Å². The second kappa shape index (κ2) is 6.30. The number of hydrogen-bond acceptors (Lipinski definition) is 5. The number of amides is 2. The summed E-state index contributed by atoms with van der Waals surface area (Å²) >= 11 is 0. The van der Waals surface area contributed by atoms with Gasteiger partial charge in [0.05, 0.1) is 24.9 Å². The van der Waals surface area contributed by atoms with Crippen molar-refractivity contribution in [3.63, 3.8) is 0 Å². The third-order valence-corrected chi connectivity index (χ3v) is 3.28. The SMILES string of the molecule is COc1ccc(C(N)=O)cc1NC(=O)Cc1c(C)noc1C. The van der Waals surface area contributed by atoms with E-state index in [9.17, 15) is 9.59 Å². The van der Waals surface area contributed by atoms with Crippen LogP contribution in [0.2, 0.25) is 0 Å². The number of methoxy groups -OCH3 is 1. The molecule has 3 N–H and O–H groups in total. The molecule has 0 atom stereocenters. The van der Waals surface area contributed by atoms with Crippen LogP contribution in [0.25, 0.3) is 0 Å². The molecule has 0 fully saturated rings. The molecule has 0 radical (unpaired) electrons. The van der Waals surface area contributed by atoms with Crippen LogP contribution in [-0.2, 0) is 11.2 Å². The summed E-state index contributed by atoms with van der Waals surface area (Å²) < 4.78 is 10.2. The molecular weight excluding hydrogens is 286 g/mol. The first-order chi connectivity index (χ1) is 10.4. The van der Waals surface area contributed by atoms with E-state index in [4.69, 9.17) is 15.0 Å². The molecule has 7 heteroatoms. The zero-order valence-corrected chi connectivity index (χ0v) is 12.6. The Hall–Kier alpha value is -2.83. The molecule has 2 aromatic rings. The normalized spacial score (nSPS) is 10.3. The topological polar surface area (TPSA) is 107 Å². The Morgan fingerprint density at radius 1 is 1.36 bits per heavy atom. The molecule has 0 saturated heterocycles. The number of aromatic nitrogens is 1. The first-order valence-corrected chi connectivity index (χ1v) is 6.61. The van der Waals surface area contributed by atoms with Gasteiger partial charge in [0.15, 0.2) is 0 Å². The molecule has 0 saturated carbocycles. The number of primary amides is 1. The number of ether oxygens (including phenoxy) is 1. The largest absolute Gasteiger partial charge is 0.495 e. The maximum absolute atomic E-state index is 12.2. The smallest absolute Gasteiger partial charge is 0.248 e. The van der Waals surface area contributed by atoms with Gasteiger partial charge in [0.2, 0.25) is 11.8 Å². The molecule has 1 aromatic carbocycles. The molecule has 2 amide bonds. The Labute approximate surface area is 127 Å². The quantitative estimate of drug-likeness (QED) is 0.872. The highest BCUT2D eigenvalue weighted by atomic mass is 16.5. The lowest BCUT2D eigenvalue weighted by molar-refractivity contribution is -0.115. The summed E-state index contributed by atoms with van der Waals surface area (Å²) in [5.74, 6) is 0.195. The van der Waals surface area contributed by atoms with Gasteiger partial charge in [0.1, 0.15) is 11.5 Å². The van der Waals surface area contributed by atoms with Crippen LogP contribution in [0.1, 0.15) is 27.4 Å². The number of carbonyl (C=O) groups is 2. The molecule has 7 nitrogen and oxygen atoms in total. The van der Waals surface area contributed by atoms with Crippen LogP contribution in [0.3, 0.4) is 0 Å². The highest BCUT2D eigenvalue weighted by Crippen LogP contribution is 2.26. The van der Waals surface area contributed by atoms with Crippen LogP contribution in [0, 0.1) is 13.8 Å². The average Bonchev–Trinajstić information content (AvgIpc) is 2.79. The molecule has 116 valence electrons. The minimum Gasteiger partial charge on any atom is -0.495 e. The summed E-state index contributed by atoms with van der Waals surface area (Å²) in [5.41, 5.74) is 7.32. The summed E-state index contributed by atoms with van der Waals surface area (Å²) in [5, 5.41) is 6.51. The summed E-state index contributed by atoms with van der Waals surface area (Å²) in [7, 11) is 1.48. The Morgan fingerprint density at radius 2 is 2.09 bits per heavy atom. The van der Waals surface area contributed by atoms with Gasteiger partial charge in [0.25, 0.3) is 0 Å². The fraction of sp³-hybridized carbons (Fsp3) is 0.267. The van der Waals surface area contributed by atoms with E-state index >= 15 is 0 Å². The number of nitrogens with one attached hydrogen (secondary N) is 1. The number of carbonyl (C=O) groups excluding carboxylic acids is 2. The molecule has 0 spiro atoms. The number of hydrogen-bond donors (Lipinski definition) is 2. The lowest BCUT2D eigenvalue weighted by Crippen LogP contribution is -2.17. The van der Waals surface area contributed by atoms with Crippen molar-refractivity contribution in [3.8, 4) is 5.75 Å². The third kappa shape index (κ3) is 3.25. The zero-order chi connectivity index (χ0) is 16.3. The Kier molecular flexibility index (Phi) is 4.45. The minimum absolute atomic E-state index is 0.116. The molecule has 0 bridgehead atoms. The van der Waals surface area contributed by atoms with E-state index in [0.717, 1.165) is 5.56 Å². The predicted molar refractivity (Wildman–Crippen MR) is 79.8 cm³/mol. The van der Waals surface area contributed by atoms with Gasteiger partial charge < -0.3 is 20.3 Å². The second-order valence-corrected chi connectivity index (χ2v) is 4.81. The van der Waals surface area contributed by atoms with Gasteiger partial charge in [-0.2, -0.15) is 0 Å². The van der Waals surface area contributed by atoms with Crippen LogP contribution >= 0.6 is 0 Å². The van der Waals surface area contributed by atoms with E-state index in [1.807, 2.05) is 0 Å². The molecule has 2 rings (SSSR count). The van der Waals surface area contributed by atoms with Gasteiger partial charge in [-0.15, -0.1) is 0 Å². The van der Waals surface area contributed by atoms with Crippen LogP contribution in [0.4, 0.5) is 5.69 Å². The van der Waals surface area contributed by atoms with Crippen molar-refractivity contribution in [3.05, 3.63) is 40.8 Å². The van der Waals surface area contributed by atoms with Crippen molar-refractivity contribution < 1.29 is 18.8 Å². The number of nitrogens with zero attached hydrogens (tertiary/aromatic N) is 1. The monoisotopic (exact) mass is 303 g/mol. The second-order valence-electron chi connectivity index (χ2n) is 4.81. The first-order valence-electron chi connectivity index (χ1n) is 6.61. The van der Waals surface area contributed by atoms with Gasteiger partial charge >= 0.3 is 0 Å². The highest BCUT2D eigenvalue weighted by Gasteiger charge is 2.15. The molecular formula is C15H17N3O4. The van der Waals surface area contributed by atoms with Crippen molar-refractivity contribution >= 4 is 17.5 Å². The fourth-order valence-electron chi connectivity index (χ4n) is 2.07. The first kappa shape index (κ1) is 15.6. The van der Waals surface area contributed by atoms with Crippen LogP contribution < -0.4 is 15.8 Å². The van der Waals surface area contributed by atoms with Crippen LogP contribution in [0.5, 0.6) is 5.75 Å². The molecule has 0 aliphatic carbocycles. The lowest BCUT2D eigenvalue weighted by atomic mass is 10.1. The van der Waals surface area contributed by atoms with Crippen molar-refractivity contribution in [1.29, 1.82) is 0 Å². The minimum atomic E-state index is -0.580. The van der Waals surface area contributed by atoms with E-state index in [1.165, 1.54) is 19.2 Å². The van der Waals surface area contributed by atoms with Crippen molar-refractivity contribution in [2.45, 2.75) is 20.3 Å². The summed E-state index contributed by atoms with van der Waals surface area (Å²) in [4.78, 5) is 23.4. The van der Waals surface area contributed by atoms with Crippen LogP contribution in [0.15, 0.2) is 22.7 Å². The summed E-state index contributed by atoms with van der Waals surface area (Å²) in [6, 6.07) is 4.59. The molecule has 1 aromatic heterocycles. The molecule has 1 heterocycles. The van der Waals surface area contributed by atoms with Crippen molar-refractivity contribution in [1.82, 2.24) is 5.16 Å². The fourth-order valence-corrected chi connectivity index (χ4v) is 2.07. The molecule has 0 unspecified atom stereocenters. The summed E-state index contributed by atoms with van der Waals surface area (Å²) in [6.45, 7) is 3.52.